The molecule has 1 saturated heterocycles. The zero-order valence-electron chi connectivity index (χ0n) is 16.1. The molecule has 1 unspecified atom stereocenters. The lowest BCUT2D eigenvalue weighted by Crippen LogP contribution is -2.36. The van der Waals surface area contributed by atoms with Crippen molar-refractivity contribution >= 4 is 17.6 Å². The predicted octanol–water partition coefficient (Wildman–Crippen LogP) is 3.08. The fourth-order valence-corrected chi connectivity index (χ4v) is 2.87. The van der Waals surface area contributed by atoms with Crippen LogP contribution in [0.5, 0.6) is 11.5 Å². The third-order valence-corrected chi connectivity index (χ3v) is 4.37. The van der Waals surface area contributed by atoms with E-state index in [9.17, 15) is 4.79 Å². The molecule has 2 aromatic rings. The molecule has 0 bridgehead atoms. The molecule has 7 heteroatoms. The van der Waals surface area contributed by atoms with E-state index >= 15 is 0 Å². The smallest absolute Gasteiger partial charge is 0.258 e. The minimum Gasteiger partial charge on any atom is -0.497 e. The molecule has 1 atom stereocenters. The first kappa shape index (κ1) is 19.7. The fourth-order valence-electron chi connectivity index (χ4n) is 2.87. The lowest BCUT2D eigenvalue weighted by atomic mass is 10.2. The molecule has 1 heterocycles. The van der Waals surface area contributed by atoms with Crippen LogP contribution in [0.25, 0.3) is 0 Å². The van der Waals surface area contributed by atoms with E-state index in [2.05, 4.69) is 15.6 Å². The summed E-state index contributed by atoms with van der Waals surface area (Å²) in [5.41, 5.74) is 1.24. The van der Waals surface area contributed by atoms with Crippen molar-refractivity contribution in [3.05, 3.63) is 54.1 Å². The molecule has 2 N–H and O–H groups in total. The largest absolute Gasteiger partial charge is 0.497 e. The van der Waals surface area contributed by atoms with Crippen LogP contribution in [0.4, 0.5) is 5.69 Å². The number of anilines is 1. The SMILES string of the molecule is COc1cccc(NC(=NCC2CCCO2)NC(=O)c2cccc(OC)c2)c1. The van der Waals surface area contributed by atoms with E-state index in [0.717, 1.165) is 25.1 Å². The summed E-state index contributed by atoms with van der Waals surface area (Å²) >= 11 is 0. The summed E-state index contributed by atoms with van der Waals surface area (Å²) in [7, 11) is 3.17. The van der Waals surface area contributed by atoms with Crippen molar-refractivity contribution in [1.29, 1.82) is 0 Å². The van der Waals surface area contributed by atoms with Crippen molar-refractivity contribution in [2.45, 2.75) is 18.9 Å². The number of aliphatic imine (C=N–C) groups is 1. The lowest BCUT2D eigenvalue weighted by Gasteiger charge is -2.14. The van der Waals surface area contributed by atoms with Crippen LogP contribution < -0.4 is 20.1 Å². The molecule has 1 amide bonds. The van der Waals surface area contributed by atoms with Gasteiger partial charge in [0.25, 0.3) is 5.91 Å². The van der Waals surface area contributed by atoms with Gasteiger partial charge in [-0.05, 0) is 43.2 Å². The van der Waals surface area contributed by atoms with Crippen molar-refractivity contribution in [2.24, 2.45) is 4.99 Å². The normalized spacial score (nSPS) is 16.5. The second-order valence-electron chi connectivity index (χ2n) is 6.37. The first-order chi connectivity index (χ1) is 13.7. The van der Waals surface area contributed by atoms with E-state index in [1.54, 1.807) is 38.5 Å². The van der Waals surface area contributed by atoms with E-state index in [0.29, 0.717) is 29.6 Å². The van der Waals surface area contributed by atoms with Gasteiger partial charge < -0.3 is 19.5 Å². The van der Waals surface area contributed by atoms with Gasteiger partial charge in [0.15, 0.2) is 0 Å². The summed E-state index contributed by atoms with van der Waals surface area (Å²) in [5, 5.41) is 6.00. The monoisotopic (exact) mass is 383 g/mol. The minimum absolute atomic E-state index is 0.0795. The van der Waals surface area contributed by atoms with Crippen LogP contribution >= 0.6 is 0 Å². The number of nitrogens with zero attached hydrogens (tertiary/aromatic N) is 1. The van der Waals surface area contributed by atoms with Gasteiger partial charge in [-0.3, -0.25) is 10.1 Å². The van der Waals surface area contributed by atoms with E-state index < -0.39 is 0 Å². The van der Waals surface area contributed by atoms with Crippen molar-refractivity contribution in [2.75, 3.05) is 32.7 Å². The van der Waals surface area contributed by atoms with Crippen LogP contribution in [0, 0.1) is 0 Å². The van der Waals surface area contributed by atoms with Crippen LogP contribution in [-0.4, -0.2) is 45.3 Å². The van der Waals surface area contributed by atoms with Gasteiger partial charge in [-0.25, -0.2) is 4.99 Å². The van der Waals surface area contributed by atoms with E-state index in [-0.39, 0.29) is 12.0 Å². The van der Waals surface area contributed by atoms with Crippen molar-refractivity contribution in [3.8, 4) is 11.5 Å². The molecule has 1 aliphatic rings. The van der Waals surface area contributed by atoms with Crippen molar-refractivity contribution in [1.82, 2.24) is 5.32 Å². The number of nitrogens with one attached hydrogen (secondary N) is 2. The van der Waals surface area contributed by atoms with Gasteiger partial charge in [0, 0.05) is 23.9 Å². The predicted molar refractivity (Wildman–Crippen MR) is 108 cm³/mol. The summed E-state index contributed by atoms with van der Waals surface area (Å²) in [5.74, 6) is 1.41. The van der Waals surface area contributed by atoms with Gasteiger partial charge in [0.2, 0.25) is 5.96 Å². The number of rotatable bonds is 6. The summed E-state index contributed by atoms with van der Waals surface area (Å²) in [6.07, 6.45) is 2.09. The highest BCUT2D eigenvalue weighted by molar-refractivity contribution is 6.10. The average molecular weight is 383 g/mol. The van der Waals surface area contributed by atoms with Crippen LogP contribution in [0.2, 0.25) is 0 Å². The second-order valence-corrected chi connectivity index (χ2v) is 6.37. The first-order valence-electron chi connectivity index (χ1n) is 9.20. The molecular weight excluding hydrogens is 358 g/mol. The molecule has 0 saturated carbocycles. The number of amides is 1. The Morgan fingerprint density at radius 3 is 2.61 bits per heavy atom. The molecule has 1 fully saturated rings. The summed E-state index contributed by atoms with van der Waals surface area (Å²) in [4.78, 5) is 17.2. The number of hydrogen-bond donors (Lipinski definition) is 2. The zero-order chi connectivity index (χ0) is 19.8. The Balaban J connectivity index is 1.76. The molecule has 2 aromatic carbocycles. The Morgan fingerprint density at radius 1 is 1.14 bits per heavy atom. The molecule has 148 valence electrons. The highest BCUT2D eigenvalue weighted by Gasteiger charge is 2.16. The van der Waals surface area contributed by atoms with E-state index in [4.69, 9.17) is 14.2 Å². The number of hydrogen-bond acceptors (Lipinski definition) is 5. The Kier molecular flexibility index (Phi) is 6.86. The summed E-state index contributed by atoms with van der Waals surface area (Å²) in [6, 6.07) is 14.4. The molecule has 0 spiro atoms. The number of ether oxygens (including phenoxy) is 3. The van der Waals surface area contributed by atoms with Gasteiger partial charge in [0.1, 0.15) is 11.5 Å². The maximum Gasteiger partial charge on any atom is 0.258 e. The molecular formula is C21H25N3O4. The summed E-state index contributed by atoms with van der Waals surface area (Å²) < 4.78 is 16.1. The van der Waals surface area contributed by atoms with Gasteiger partial charge in [-0.2, -0.15) is 0 Å². The number of carbonyl (C=O) groups excluding carboxylic acids is 1. The standard InChI is InChI=1S/C21H25N3O4/c1-26-17-8-3-6-15(12-17)20(25)24-21(22-14-19-10-5-11-28-19)23-16-7-4-9-18(13-16)27-2/h3-4,6-9,12-13,19H,5,10-11,14H2,1-2H3,(H2,22,23,24,25). The molecule has 0 radical (unpaired) electrons. The second kappa shape index (κ2) is 9.75. The minimum atomic E-state index is -0.277. The average Bonchev–Trinajstić information content (AvgIpc) is 3.26. The Bertz CT molecular complexity index is 832. The topological polar surface area (TPSA) is 81.2 Å². The van der Waals surface area contributed by atoms with Crippen LogP contribution in [-0.2, 0) is 4.74 Å². The van der Waals surface area contributed by atoms with Crippen molar-refractivity contribution < 1.29 is 19.0 Å². The van der Waals surface area contributed by atoms with Crippen LogP contribution in [0.1, 0.15) is 23.2 Å². The third-order valence-electron chi connectivity index (χ3n) is 4.37. The number of benzene rings is 2. The third kappa shape index (κ3) is 5.47. The molecule has 28 heavy (non-hydrogen) atoms. The number of methoxy groups -OCH3 is 2. The highest BCUT2D eigenvalue weighted by Crippen LogP contribution is 2.17. The van der Waals surface area contributed by atoms with E-state index in [1.165, 1.54) is 0 Å². The molecule has 3 rings (SSSR count). The lowest BCUT2D eigenvalue weighted by molar-refractivity contribution is 0.0975. The highest BCUT2D eigenvalue weighted by atomic mass is 16.5. The van der Waals surface area contributed by atoms with E-state index in [1.807, 2.05) is 24.3 Å². The molecule has 7 nitrogen and oxygen atoms in total. The number of carbonyl (C=O) groups is 1. The van der Waals surface area contributed by atoms with Crippen LogP contribution in [0.15, 0.2) is 53.5 Å². The Hall–Kier alpha value is -3.06. The van der Waals surface area contributed by atoms with Crippen molar-refractivity contribution in [3.63, 3.8) is 0 Å². The molecule has 0 aromatic heterocycles. The Labute approximate surface area is 164 Å². The van der Waals surface area contributed by atoms with Gasteiger partial charge in [0.05, 0.1) is 26.9 Å². The van der Waals surface area contributed by atoms with Gasteiger partial charge in [-0.1, -0.05) is 12.1 Å². The van der Waals surface area contributed by atoms with Gasteiger partial charge in [-0.15, -0.1) is 0 Å². The molecule has 0 aliphatic carbocycles. The molecule has 1 aliphatic heterocycles. The summed E-state index contributed by atoms with van der Waals surface area (Å²) in [6.45, 7) is 1.24. The quantitative estimate of drug-likeness (QED) is 0.592. The number of guanidine groups is 1. The zero-order valence-corrected chi connectivity index (χ0v) is 16.1. The first-order valence-corrected chi connectivity index (χ1v) is 9.20. The fraction of sp³-hybridized carbons (Fsp3) is 0.333. The van der Waals surface area contributed by atoms with Crippen LogP contribution in [0.3, 0.4) is 0 Å². The maximum atomic E-state index is 12.7. The maximum absolute atomic E-state index is 12.7. The Morgan fingerprint density at radius 2 is 1.89 bits per heavy atom. The van der Waals surface area contributed by atoms with Gasteiger partial charge >= 0.3 is 0 Å².